The Morgan fingerprint density at radius 2 is 2.25 bits per heavy atom. The van der Waals surface area contributed by atoms with Crippen LogP contribution in [-0.4, -0.2) is 24.4 Å². The van der Waals surface area contributed by atoms with E-state index in [1.54, 1.807) is 0 Å². The van der Waals surface area contributed by atoms with Gasteiger partial charge in [-0.2, -0.15) is 0 Å². The van der Waals surface area contributed by atoms with E-state index in [-0.39, 0.29) is 17.9 Å². The molecule has 0 saturated carbocycles. The zero-order valence-corrected chi connectivity index (χ0v) is 10.2. The highest BCUT2D eigenvalue weighted by molar-refractivity contribution is 5.87. The number of carbonyl (C=O) groups excluding carboxylic acids is 2. The zero-order valence-electron chi connectivity index (χ0n) is 10.2. The quantitative estimate of drug-likeness (QED) is 0.757. The number of hydrogen-bond acceptors (Lipinski definition) is 2. The lowest BCUT2D eigenvalue weighted by Crippen LogP contribution is -2.46. The molecule has 1 unspecified atom stereocenters. The van der Waals surface area contributed by atoms with E-state index < -0.39 is 0 Å². The molecule has 0 aromatic heterocycles. The summed E-state index contributed by atoms with van der Waals surface area (Å²) in [7, 11) is 0. The Bertz CT molecular complexity index is 251. The molecule has 92 valence electrons. The molecule has 0 aromatic rings. The van der Waals surface area contributed by atoms with Gasteiger partial charge in [-0.15, -0.1) is 0 Å². The Morgan fingerprint density at radius 1 is 1.50 bits per heavy atom. The first-order valence-electron chi connectivity index (χ1n) is 6.16. The number of amides is 2. The van der Waals surface area contributed by atoms with Crippen LogP contribution in [0.1, 0.15) is 46.0 Å². The van der Waals surface area contributed by atoms with Gasteiger partial charge in [-0.25, -0.2) is 0 Å². The van der Waals surface area contributed by atoms with Gasteiger partial charge >= 0.3 is 0 Å². The highest BCUT2D eigenvalue weighted by atomic mass is 16.2. The molecular formula is C12H22N2O2. The molecule has 1 rings (SSSR count). The maximum atomic E-state index is 11.8. The summed E-state index contributed by atoms with van der Waals surface area (Å²) in [5, 5.41) is 5.64. The van der Waals surface area contributed by atoms with E-state index in [9.17, 15) is 9.59 Å². The summed E-state index contributed by atoms with van der Waals surface area (Å²) in [4.78, 5) is 23.0. The molecule has 0 aromatic carbocycles. The van der Waals surface area contributed by atoms with Gasteiger partial charge in [-0.3, -0.25) is 9.59 Å². The van der Waals surface area contributed by atoms with E-state index in [1.807, 2.05) is 0 Å². The van der Waals surface area contributed by atoms with Crippen LogP contribution in [0, 0.1) is 5.92 Å². The van der Waals surface area contributed by atoms with Crippen LogP contribution in [-0.2, 0) is 9.59 Å². The van der Waals surface area contributed by atoms with Gasteiger partial charge in [0.2, 0.25) is 11.8 Å². The van der Waals surface area contributed by atoms with E-state index in [1.165, 1.54) is 0 Å². The Kier molecular flexibility index (Phi) is 5.29. The third kappa shape index (κ3) is 4.64. The highest BCUT2D eigenvalue weighted by Crippen LogP contribution is 2.09. The van der Waals surface area contributed by atoms with Crippen molar-refractivity contribution in [3.8, 4) is 0 Å². The second kappa shape index (κ2) is 6.51. The lowest BCUT2D eigenvalue weighted by molar-refractivity contribution is -0.128. The van der Waals surface area contributed by atoms with Crippen LogP contribution in [0.4, 0.5) is 0 Å². The molecule has 1 fully saturated rings. The van der Waals surface area contributed by atoms with Crippen molar-refractivity contribution >= 4 is 11.8 Å². The van der Waals surface area contributed by atoms with Crippen LogP contribution in [0.3, 0.4) is 0 Å². The summed E-state index contributed by atoms with van der Waals surface area (Å²) in [6.45, 7) is 4.95. The largest absolute Gasteiger partial charge is 0.354 e. The van der Waals surface area contributed by atoms with Gasteiger partial charge in [0.25, 0.3) is 0 Å². The Balaban J connectivity index is 2.31. The topological polar surface area (TPSA) is 58.2 Å². The van der Waals surface area contributed by atoms with Crippen LogP contribution in [0.2, 0.25) is 0 Å². The molecule has 16 heavy (non-hydrogen) atoms. The molecule has 4 heteroatoms. The van der Waals surface area contributed by atoms with E-state index in [0.717, 1.165) is 25.7 Å². The molecule has 1 aliphatic rings. The van der Waals surface area contributed by atoms with E-state index >= 15 is 0 Å². The van der Waals surface area contributed by atoms with Gasteiger partial charge in [0.1, 0.15) is 6.04 Å². The van der Waals surface area contributed by atoms with E-state index in [2.05, 4.69) is 24.5 Å². The molecule has 1 atom stereocenters. The highest BCUT2D eigenvalue weighted by Gasteiger charge is 2.22. The second-order valence-corrected chi connectivity index (χ2v) is 4.84. The van der Waals surface area contributed by atoms with Crippen molar-refractivity contribution in [3.63, 3.8) is 0 Å². The molecule has 0 radical (unpaired) electrons. The van der Waals surface area contributed by atoms with E-state index in [4.69, 9.17) is 0 Å². The normalized spacial score (nSPS) is 21.4. The fourth-order valence-corrected chi connectivity index (χ4v) is 1.78. The van der Waals surface area contributed by atoms with Gasteiger partial charge in [0, 0.05) is 13.0 Å². The number of carbonyl (C=O) groups is 2. The molecule has 4 nitrogen and oxygen atoms in total. The average molecular weight is 226 g/mol. The predicted molar refractivity (Wildman–Crippen MR) is 62.9 cm³/mol. The number of rotatable bonds is 4. The molecular weight excluding hydrogens is 204 g/mol. The third-order valence-electron chi connectivity index (χ3n) is 2.82. The first-order chi connectivity index (χ1) is 7.59. The van der Waals surface area contributed by atoms with Gasteiger partial charge in [-0.1, -0.05) is 20.3 Å². The van der Waals surface area contributed by atoms with Crippen molar-refractivity contribution in [2.24, 2.45) is 5.92 Å². The minimum absolute atomic E-state index is 0.00140. The Morgan fingerprint density at radius 3 is 2.94 bits per heavy atom. The minimum atomic E-state index is -0.317. The fraction of sp³-hybridized carbons (Fsp3) is 0.833. The predicted octanol–water partition coefficient (Wildman–Crippen LogP) is 1.21. The van der Waals surface area contributed by atoms with Gasteiger partial charge < -0.3 is 10.6 Å². The van der Waals surface area contributed by atoms with Gasteiger partial charge in [0.05, 0.1) is 0 Å². The fourth-order valence-electron chi connectivity index (χ4n) is 1.78. The molecule has 1 saturated heterocycles. The van der Waals surface area contributed by atoms with E-state index in [0.29, 0.717) is 18.9 Å². The summed E-state index contributed by atoms with van der Waals surface area (Å²) in [6, 6.07) is -0.317. The maximum absolute atomic E-state index is 11.8. The summed E-state index contributed by atoms with van der Waals surface area (Å²) < 4.78 is 0. The molecule has 0 bridgehead atoms. The molecule has 1 aliphatic heterocycles. The summed E-state index contributed by atoms with van der Waals surface area (Å²) in [5.41, 5.74) is 0. The van der Waals surface area contributed by atoms with Crippen molar-refractivity contribution in [1.82, 2.24) is 10.6 Å². The zero-order chi connectivity index (χ0) is 12.0. The smallest absolute Gasteiger partial charge is 0.242 e. The lowest BCUT2D eigenvalue weighted by Gasteiger charge is -2.16. The van der Waals surface area contributed by atoms with Crippen LogP contribution in [0.25, 0.3) is 0 Å². The number of hydrogen-bond donors (Lipinski definition) is 2. The SMILES string of the molecule is CC(C)CCNC(=O)C1CCCCC(=O)N1. The van der Waals surface area contributed by atoms with Crippen LogP contribution in [0.5, 0.6) is 0 Å². The van der Waals surface area contributed by atoms with Crippen LogP contribution >= 0.6 is 0 Å². The first-order valence-corrected chi connectivity index (χ1v) is 6.16. The Labute approximate surface area is 97.2 Å². The summed E-state index contributed by atoms with van der Waals surface area (Å²) >= 11 is 0. The van der Waals surface area contributed by atoms with Crippen LogP contribution in [0.15, 0.2) is 0 Å². The Hall–Kier alpha value is -1.06. The number of nitrogens with one attached hydrogen (secondary N) is 2. The first kappa shape index (κ1) is 13.0. The molecule has 0 spiro atoms. The van der Waals surface area contributed by atoms with Gasteiger partial charge in [0.15, 0.2) is 0 Å². The summed E-state index contributed by atoms with van der Waals surface area (Å²) in [6.07, 6.45) is 4.13. The summed E-state index contributed by atoms with van der Waals surface area (Å²) in [5.74, 6) is 0.557. The molecule has 0 aliphatic carbocycles. The average Bonchev–Trinajstić information content (AvgIpc) is 2.42. The third-order valence-corrected chi connectivity index (χ3v) is 2.82. The van der Waals surface area contributed by atoms with Gasteiger partial charge in [-0.05, 0) is 25.2 Å². The minimum Gasteiger partial charge on any atom is -0.354 e. The van der Waals surface area contributed by atoms with Crippen LogP contribution < -0.4 is 10.6 Å². The lowest BCUT2D eigenvalue weighted by atomic mass is 10.1. The second-order valence-electron chi connectivity index (χ2n) is 4.84. The maximum Gasteiger partial charge on any atom is 0.242 e. The van der Waals surface area contributed by atoms with Crippen molar-refractivity contribution in [3.05, 3.63) is 0 Å². The van der Waals surface area contributed by atoms with Crippen molar-refractivity contribution in [1.29, 1.82) is 0 Å². The standard InChI is InChI=1S/C12H22N2O2/c1-9(2)7-8-13-12(16)10-5-3-4-6-11(15)14-10/h9-10H,3-8H2,1-2H3,(H,13,16)(H,14,15). The van der Waals surface area contributed by atoms with Crippen molar-refractivity contribution in [2.75, 3.05) is 6.54 Å². The molecule has 2 amide bonds. The van der Waals surface area contributed by atoms with Crippen molar-refractivity contribution in [2.45, 2.75) is 52.0 Å². The molecule has 2 N–H and O–H groups in total. The van der Waals surface area contributed by atoms with Crippen molar-refractivity contribution < 1.29 is 9.59 Å². The molecule has 1 heterocycles. The monoisotopic (exact) mass is 226 g/mol.